The number of carbonyl (C=O) groups is 2. The summed E-state index contributed by atoms with van der Waals surface area (Å²) in [5.41, 5.74) is 9.49. The van der Waals surface area contributed by atoms with Gasteiger partial charge >= 0.3 is 0 Å². The molecule has 202 valence electrons. The van der Waals surface area contributed by atoms with E-state index >= 15 is 0 Å². The largest absolute Gasteiger partial charge is 0.349 e. The minimum absolute atomic E-state index is 0.0350. The fraction of sp³-hybridized carbons (Fsp3) is 0.633. The van der Waals surface area contributed by atoms with E-state index in [0.717, 1.165) is 35.9 Å². The number of aryl methyl sites for hydroxylation is 2. The zero-order valence-corrected chi connectivity index (χ0v) is 23.3. The molecule has 2 saturated carbocycles. The van der Waals surface area contributed by atoms with Gasteiger partial charge in [-0.2, -0.15) is 5.10 Å². The average molecular weight is 508 g/mol. The number of nitrogens with one attached hydrogen (secondary N) is 2. The molecule has 1 aromatic carbocycles. The van der Waals surface area contributed by atoms with Crippen LogP contribution in [-0.2, 0) is 12.5 Å². The summed E-state index contributed by atoms with van der Waals surface area (Å²) in [5.74, 6) is 1.39. The molecule has 7 nitrogen and oxygen atoms in total. The second-order valence-electron chi connectivity index (χ2n) is 12.5. The summed E-state index contributed by atoms with van der Waals surface area (Å²) in [5, 5.41) is 10.7. The Morgan fingerprint density at radius 3 is 2.16 bits per heavy atom. The smallest absolute Gasteiger partial charge is 0.273 e. The van der Waals surface area contributed by atoms with Crippen molar-refractivity contribution in [1.82, 2.24) is 15.1 Å². The Morgan fingerprint density at radius 1 is 0.973 bits per heavy atom. The lowest BCUT2D eigenvalue weighted by Crippen LogP contribution is -2.38. The van der Waals surface area contributed by atoms with Gasteiger partial charge in [0.05, 0.1) is 5.69 Å². The van der Waals surface area contributed by atoms with Crippen molar-refractivity contribution < 1.29 is 9.59 Å². The van der Waals surface area contributed by atoms with Crippen molar-refractivity contribution in [3.05, 3.63) is 46.8 Å². The number of benzene rings is 1. The summed E-state index contributed by atoms with van der Waals surface area (Å²) in [6.45, 7) is 8.14. The minimum Gasteiger partial charge on any atom is -0.349 e. The van der Waals surface area contributed by atoms with Gasteiger partial charge in [-0.15, -0.1) is 0 Å². The first-order valence-corrected chi connectivity index (χ1v) is 14.0. The van der Waals surface area contributed by atoms with E-state index in [0.29, 0.717) is 23.0 Å². The first-order chi connectivity index (χ1) is 17.5. The molecule has 2 aromatic rings. The highest BCUT2D eigenvalue weighted by atomic mass is 16.2. The van der Waals surface area contributed by atoms with Crippen LogP contribution in [0.25, 0.3) is 0 Å². The fourth-order valence-electron chi connectivity index (χ4n) is 5.88. The Balaban J connectivity index is 1.28. The molecule has 4 N–H and O–H groups in total. The van der Waals surface area contributed by atoms with Gasteiger partial charge in [-0.25, -0.2) is 0 Å². The molecule has 0 unspecified atom stereocenters. The van der Waals surface area contributed by atoms with Crippen LogP contribution in [0.1, 0.15) is 111 Å². The van der Waals surface area contributed by atoms with Gasteiger partial charge in [0.2, 0.25) is 0 Å². The standard InChI is InChI=1S/C30H45N5O2/c1-19-16-22(10-15-25(19)33-29(37)26-18-27(30(2,3)4)34-35(26)5)28(36)32-24-13-8-21(9-14-24)17-20-6-11-23(31)12-7-20/h10,15-16,18,20-21,23-24H,6-9,11-14,17,31H2,1-5H3,(H,32,36)(H,33,37). The van der Waals surface area contributed by atoms with Gasteiger partial charge in [-0.3, -0.25) is 14.3 Å². The van der Waals surface area contributed by atoms with Gasteiger partial charge in [-0.1, -0.05) is 20.8 Å². The van der Waals surface area contributed by atoms with Crippen molar-refractivity contribution in [3.63, 3.8) is 0 Å². The predicted octanol–water partition coefficient (Wildman–Crippen LogP) is 5.47. The Morgan fingerprint density at radius 2 is 1.59 bits per heavy atom. The normalized spacial score (nSPS) is 24.5. The van der Waals surface area contributed by atoms with Gasteiger partial charge in [0.15, 0.2) is 0 Å². The van der Waals surface area contributed by atoms with E-state index in [9.17, 15) is 9.59 Å². The molecule has 0 radical (unpaired) electrons. The first-order valence-electron chi connectivity index (χ1n) is 14.0. The molecule has 0 aliphatic heterocycles. The molecule has 0 spiro atoms. The Kier molecular flexibility index (Phi) is 8.42. The Bertz CT molecular complexity index is 1100. The van der Waals surface area contributed by atoms with Crippen LogP contribution in [0, 0.1) is 18.8 Å². The highest BCUT2D eigenvalue weighted by molar-refractivity contribution is 6.04. The number of hydrogen-bond donors (Lipinski definition) is 3. The molecule has 0 saturated heterocycles. The van der Waals surface area contributed by atoms with Crippen molar-refractivity contribution in [1.29, 1.82) is 0 Å². The van der Waals surface area contributed by atoms with Gasteiger partial charge in [0, 0.05) is 35.8 Å². The van der Waals surface area contributed by atoms with E-state index in [2.05, 4.69) is 36.5 Å². The third-order valence-corrected chi connectivity index (χ3v) is 8.36. The molecule has 2 amide bonds. The molecular weight excluding hydrogens is 462 g/mol. The number of nitrogens with zero attached hydrogens (tertiary/aromatic N) is 2. The topological polar surface area (TPSA) is 102 Å². The quantitative estimate of drug-likeness (QED) is 0.482. The minimum atomic E-state index is -0.210. The number of amides is 2. The maximum absolute atomic E-state index is 13.0. The second-order valence-corrected chi connectivity index (χ2v) is 12.5. The lowest BCUT2D eigenvalue weighted by molar-refractivity contribution is 0.0918. The van der Waals surface area contributed by atoms with E-state index in [1.54, 1.807) is 17.8 Å². The predicted molar refractivity (Wildman–Crippen MR) is 149 cm³/mol. The van der Waals surface area contributed by atoms with Crippen molar-refractivity contribution in [2.75, 3.05) is 5.32 Å². The number of hydrogen-bond acceptors (Lipinski definition) is 4. The van der Waals surface area contributed by atoms with Gasteiger partial charge in [-0.05, 0) is 106 Å². The van der Waals surface area contributed by atoms with Gasteiger partial charge in [0.25, 0.3) is 11.8 Å². The molecule has 2 aliphatic carbocycles. The molecule has 4 rings (SSSR count). The average Bonchev–Trinajstić information content (AvgIpc) is 3.25. The lowest BCUT2D eigenvalue weighted by Gasteiger charge is -2.33. The van der Waals surface area contributed by atoms with Crippen LogP contribution >= 0.6 is 0 Å². The van der Waals surface area contributed by atoms with Crippen LogP contribution in [0.4, 0.5) is 5.69 Å². The van der Waals surface area contributed by atoms with E-state index in [4.69, 9.17) is 5.73 Å². The van der Waals surface area contributed by atoms with Crippen molar-refractivity contribution in [2.24, 2.45) is 24.6 Å². The van der Waals surface area contributed by atoms with Crippen LogP contribution in [0.5, 0.6) is 0 Å². The molecule has 1 heterocycles. The van der Waals surface area contributed by atoms with Crippen LogP contribution in [0.3, 0.4) is 0 Å². The number of nitrogens with two attached hydrogens (primary N) is 1. The molecule has 37 heavy (non-hydrogen) atoms. The monoisotopic (exact) mass is 507 g/mol. The number of anilines is 1. The number of rotatable bonds is 6. The van der Waals surface area contributed by atoms with Gasteiger partial charge < -0.3 is 16.4 Å². The molecule has 0 atom stereocenters. The number of aromatic nitrogens is 2. The molecular formula is C30H45N5O2. The van der Waals surface area contributed by atoms with Crippen molar-refractivity contribution in [2.45, 2.75) is 103 Å². The zero-order valence-electron chi connectivity index (χ0n) is 23.3. The maximum Gasteiger partial charge on any atom is 0.273 e. The Labute approximate surface area is 222 Å². The summed E-state index contributed by atoms with van der Waals surface area (Å²) in [6, 6.07) is 7.96. The molecule has 2 aliphatic rings. The third kappa shape index (κ3) is 7.01. The summed E-state index contributed by atoms with van der Waals surface area (Å²) < 4.78 is 1.62. The lowest BCUT2D eigenvalue weighted by atomic mass is 9.76. The third-order valence-electron chi connectivity index (χ3n) is 8.36. The highest BCUT2D eigenvalue weighted by Crippen LogP contribution is 2.35. The molecule has 0 bridgehead atoms. The van der Waals surface area contributed by atoms with Crippen molar-refractivity contribution in [3.8, 4) is 0 Å². The molecule has 1 aromatic heterocycles. The highest BCUT2D eigenvalue weighted by Gasteiger charge is 2.27. The maximum atomic E-state index is 13.0. The van der Waals surface area contributed by atoms with E-state index in [-0.39, 0.29) is 23.3 Å². The zero-order chi connectivity index (χ0) is 26.7. The molecule has 2 fully saturated rings. The van der Waals surface area contributed by atoms with E-state index < -0.39 is 0 Å². The summed E-state index contributed by atoms with van der Waals surface area (Å²) in [4.78, 5) is 25.9. The first kappa shape index (κ1) is 27.4. The Hall–Kier alpha value is -2.67. The van der Waals surface area contributed by atoms with E-state index in [1.807, 2.05) is 25.1 Å². The van der Waals surface area contributed by atoms with Crippen LogP contribution < -0.4 is 16.4 Å². The fourth-order valence-corrected chi connectivity index (χ4v) is 5.88. The van der Waals surface area contributed by atoms with Crippen LogP contribution in [0.2, 0.25) is 0 Å². The summed E-state index contributed by atoms with van der Waals surface area (Å²) in [7, 11) is 1.78. The van der Waals surface area contributed by atoms with E-state index in [1.165, 1.54) is 44.9 Å². The summed E-state index contributed by atoms with van der Waals surface area (Å²) in [6.07, 6.45) is 10.8. The van der Waals surface area contributed by atoms with Gasteiger partial charge in [0.1, 0.15) is 5.69 Å². The molecule has 7 heteroatoms. The van der Waals surface area contributed by atoms with Crippen LogP contribution in [0.15, 0.2) is 24.3 Å². The van der Waals surface area contributed by atoms with Crippen LogP contribution in [-0.4, -0.2) is 33.7 Å². The van der Waals surface area contributed by atoms with Crippen molar-refractivity contribution >= 4 is 17.5 Å². The second kappa shape index (κ2) is 11.4. The number of carbonyl (C=O) groups excluding carboxylic acids is 2. The summed E-state index contributed by atoms with van der Waals surface area (Å²) >= 11 is 0. The SMILES string of the molecule is Cc1cc(C(=O)NC2CCC(CC3CCC(N)CC3)CC2)ccc1NC(=O)c1cc(C(C)(C)C)nn1C.